The number of hydrogen-bond acceptors (Lipinski definition) is 5. The van der Waals surface area contributed by atoms with E-state index in [4.69, 9.17) is 5.11 Å². The Bertz CT molecular complexity index is 648. The molecule has 118 valence electrons. The minimum Gasteiger partial charge on any atom is -0.396 e. The van der Waals surface area contributed by atoms with Gasteiger partial charge < -0.3 is 15.3 Å². The molecule has 0 bridgehead atoms. The van der Waals surface area contributed by atoms with E-state index in [1.165, 1.54) is 12.8 Å². The topological polar surface area (TPSA) is 82.8 Å². The summed E-state index contributed by atoms with van der Waals surface area (Å²) in [7, 11) is 0. The first kappa shape index (κ1) is 14.8. The third kappa shape index (κ3) is 3.04. The zero-order valence-electron chi connectivity index (χ0n) is 12.5. The number of aliphatic hydroxyl groups is 1. The van der Waals surface area contributed by atoms with Crippen molar-refractivity contribution in [2.24, 2.45) is 0 Å². The summed E-state index contributed by atoms with van der Waals surface area (Å²) >= 11 is 0. The number of anilines is 1. The number of rotatable bonds is 6. The van der Waals surface area contributed by atoms with Gasteiger partial charge in [-0.25, -0.2) is 9.50 Å². The van der Waals surface area contributed by atoms with Crippen LogP contribution in [-0.4, -0.2) is 51.9 Å². The molecule has 0 saturated carbocycles. The van der Waals surface area contributed by atoms with E-state index >= 15 is 0 Å². The van der Waals surface area contributed by atoms with Crippen LogP contribution in [0.4, 0.5) is 5.82 Å². The molecule has 0 unspecified atom stereocenters. The Balaban J connectivity index is 1.77. The third-order valence-corrected chi connectivity index (χ3v) is 3.90. The highest BCUT2D eigenvalue weighted by atomic mass is 16.3. The molecule has 2 aromatic rings. The Morgan fingerprint density at radius 3 is 2.91 bits per heavy atom. The Hall–Kier alpha value is -2.15. The molecule has 3 heterocycles. The van der Waals surface area contributed by atoms with Crippen LogP contribution in [0.15, 0.2) is 18.5 Å². The number of hydrogen-bond donors (Lipinski definition) is 2. The molecular weight excluding hydrogens is 282 g/mol. The first-order valence-corrected chi connectivity index (χ1v) is 7.78. The molecule has 0 atom stereocenters. The number of nitrogens with one attached hydrogen (secondary N) is 1. The van der Waals surface area contributed by atoms with Crippen molar-refractivity contribution in [1.82, 2.24) is 19.9 Å². The van der Waals surface area contributed by atoms with Crippen LogP contribution in [0, 0.1) is 0 Å². The van der Waals surface area contributed by atoms with E-state index in [0.29, 0.717) is 24.2 Å². The molecule has 1 aliphatic heterocycles. The molecule has 0 spiro atoms. The number of unbranched alkanes of at least 4 members (excludes halogenated alkanes) is 1. The van der Waals surface area contributed by atoms with Crippen LogP contribution in [0.5, 0.6) is 0 Å². The fourth-order valence-electron chi connectivity index (χ4n) is 2.68. The average Bonchev–Trinajstić information content (AvgIpc) is 3.19. The van der Waals surface area contributed by atoms with Gasteiger partial charge in [0.05, 0.1) is 6.20 Å². The highest BCUT2D eigenvalue weighted by molar-refractivity contribution is 5.99. The number of fused-ring (bicyclic) bond motifs is 1. The fraction of sp³-hybridized carbons (Fsp3) is 0.533. The van der Waals surface area contributed by atoms with Crippen molar-refractivity contribution >= 4 is 17.4 Å². The quantitative estimate of drug-likeness (QED) is 0.773. The Morgan fingerprint density at radius 2 is 2.14 bits per heavy atom. The van der Waals surface area contributed by atoms with E-state index in [-0.39, 0.29) is 12.5 Å². The van der Waals surface area contributed by atoms with Crippen LogP contribution in [0.3, 0.4) is 0 Å². The maximum absolute atomic E-state index is 12.2. The lowest BCUT2D eigenvalue weighted by Gasteiger charge is -2.16. The summed E-state index contributed by atoms with van der Waals surface area (Å²) in [6.07, 6.45) is 7.21. The summed E-state index contributed by atoms with van der Waals surface area (Å²) in [6, 6.07) is 1.94. The van der Waals surface area contributed by atoms with Crippen molar-refractivity contribution in [2.75, 3.05) is 31.1 Å². The molecule has 0 aliphatic carbocycles. The second kappa shape index (κ2) is 6.74. The summed E-state index contributed by atoms with van der Waals surface area (Å²) in [4.78, 5) is 19.1. The Morgan fingerprint density at radius 1 is 1.32 bits per heavy atom. The standard InChI is InChI=1S/C15H21N5O2/c21-10-4-1-6-16-15(22)12-11-17-20-9-5-13(18-14(12)20)19-7-2-3-8-19/h5,9,11,21H,1-4,6-8,10H2,(H,16,22). The van der Waals surface area contributed by atoms with Crippen molar-refractivity contribution in [3.8, 4) is 0 Å². The lowest BCUT2D eigenvalue weighted by Crippen LogP contribution is -2.25. The molecule has 1 aliphatic rings. The van der Waals surface area contributed by atoms with Gasteiger partial charge in [0.1, 0.15) is 11.4 Å². The second-order valence-corrected chi connectivity index (χ2v) is 5.49. The lowest BCUT2D eigenvalue weighted by atomic mass is 10.3. The molecule has 2 aromatic heterocycles. The van der Waals surface area contributed by atoms with E-state index in [9.17, 15) is 4.79 Å². The van der Waals surface area contributed by atoms with E-state index in [2.05, 4.69) is 20.3 Å². The number of carbonyl (C=O) groups is 1. The van der Waals surface area contributed by atoms with Gasteiger partial charge in [-0.1, -0.05) is 0 Å². The van der Waals surface area contributed by atoms with Crippen molar-refractivity contribution in [3.05, 3.63) is 24.0 Å². The molecule has 0 aromatic carbocycles. The highest BCUT2D eigenvalue weighted by Gasteiger charge is 2.17. The van der Waals surface area contributed by atoms with Crippen LogP contribution in [0.25, 0.3) is 5.65 Å². The molecule has 0 radical (unpaired) electrons. The van der Waals surface area contributed by atoms with Crippen molar-refractivity contribution < 1.29 is 9.90 Å². The SMILES string of the molecule is O=C(NCCCCO)c1cnn2ccc(N3CCCC3)nc12. The number of nitrogens with zero attached hydrogens (tertiary/aromatic N) is 4. The van der Waals surface area contributed by atoms with Gasteiger partial charge in [-0.3, -0.25) is 4.79 Å². The molecule has 1 fully saturated rings. The van der Waals surface area contributed by atoms with Crippen LogP contribution in [-0.2, 0) is 0 Å². The predicted octanol–water partition coefficient (Wildman–Crippen LogP) is 0.832. The molecular formula is C15H21N5O2. The molecule has 3 rings (SSSR count). The van der Waals surface area contributed by atoms with Crippen molar-refractivity contribution in [3.63, 3.8) is 0 Å². The monoisotopic (exact) mass is 303 g/mol. The average molecular weight is 303 g/mol. The van der Waals surface area contributed by atoms with Crippen LogP contribution >= 0.6 is 0 Å². The first-order valence-electron chi connectivity index (χ1n) is 7.78. The Labute approximate surface area is 129 Å². The normalized spacial score (nSPS) is 14.7. The van der Waals surface area contributed by atoms with Gasteiger partial charge in [0.2, 0.25) is 0 Å². The summed E-state index contributed by atoms with van der Waals surface area (Å²) in [5.74, 6) is 0.735. The van der Waals surface area contributed by atoms with Crippen molar-refractivity contribution in [1.29, 1.82) is 0 Å². The predicted molar refractivity (Wildman–Crippen MR) is 83.1 cm³/mol. The van der Waals surface area contributed by atoms with Gasteiger partial charge in [0, 0.05) is 32.4 Å². The van der Waals surface area contributed by atoms with Gasteiger partial charge in [0.25, 0.3) is 5.91 Å². The molecule has 22 heavy (non-hydrogen) atoms. The van der Waals surface area contributed by atoms with Gasteiger partial charge in [-0.05, 0) is 31.7 Å². The zero-order chi connectivity index (χ0) is 15.4. The number of amides is 1. The van der Waals surface area contributed by atoms with E-state index in [1.54, 1.807) is 10.7 Å². The van der Waals surface area contributed by atoms with Gasteiger partial charge >= 0.3 is 0 Å². The van der Waals surface area contributed by atoms with Gasteiger partial charge in [0.15, 0.2) is 5.65 Å². The summed E-state index contributed by atoms with van der Waals surface area (Å²) in [5, 5.41) is 15.8. The molecule has 7 nitrogen and oxygen atoms in total. The minimum atomic E-state index is -0.168. The molecule has 2 N–H and O–H groups in total. The van der Waals surface area contributed by atoms with E-state index in [1.807, 2.05) is 12.3 Å². The summed E-state index contributed by atoms with van der Waals surface area (Å²) < 4.78 is 1.63. The maximum Gasteiger partial charge on any atom is 0.256 e. The fourth-order valence-corrected chi connectivity index (χ4v) is 2.68. The second-order valence-electron chi connectivity index (χ2n) is 5.49. The smallest absolute Gasteiger partial charge is 0.256 e. The largest absolute Gasteiger partial charge is 0.396 e. The van der Waals surface area contributed by atoms with Crippen LogP contribution in [0.1, 0.15) is 36.0 Å². The zero-order valence-corrected chi connectivity index (χ0v) is 12.5. The van der Waals surface area contributed by atoms with Crippen LogP contribution in [0.2, 0.25) is 0 Å². The molecule has 1 saturated heterocycles. The number of aliphatic hydroxyl groups excluding tert-OH is 1. The van der Waals surface area contributed by atoms with Gasteiger partial charge in [-0.15, -0.1) is 0 Å². The summed E-state index contributed by atoms with van der Waals surface area (Å²) in [6.45, 7) is 2.72. The number of aromatic nitrogens is 3. The lowest BCUT2D eigenvalue weighted by molar-refractivity contribution is 0.0953. The maximum atomic E-state index is 12.2. The van der Waals surface area contributed by atoms with E-state index in [0.717, 1.165) is 25.3 Å². The first-order chi connectivity index (χ1) is 10.8. The van der Waals surface area contributed by atoms with Crippen molar-refractivity contribution in [2.45, 2.75) is 25.7 Å². The highest BCUT2D eigenvalue weighted by Crippen LogP contribution is 2.19. The molecule has 1 amide bonds. The Kier molecular flexibility index (Phi) is 4.53. The van der Waals surface area contributed by atoms with Gasteiger partial charge in [-0.2, -0.15) is 5.10 Å². The minimum absolute atomic E-state index is 0.146. The third-order valence-electron chi connectivity index (χ3n) is 3.90. The number of carbonyl (C=O) groups excluding carboxylic acids is 1. The molecule has 7 heteroatoms. The summed E-state index contributed by atoms with van der Waals surface area (Å²) in [5.41, 5.74) is 1.08. The van der Waals surface area contributed by atoms with E-state index < -0.39 is 0 Å². The van der Waals surface area contributed by atoms with Crippen LogP contribution < -0.4 is 10.2 Å².